The summed E-state index contributed by atoms with van der Waals surface area (Å²) in [4.78, 5) is 0. The molecule has 0 atom stereocenters. The summed E-state index contributed by atoms with van der Waals surface area (Å²) in [7, 11) is 0. The van der Waals surface area contributed by atoms with E-state index in [-0.39, 0.29) is 6.29 Å². The summed E-state index contributed by atoms with van der Waals surface area (Å²) >= 11 is 0. The zero-order chi connectivity index (χ0) is 9.23. The van der Waals surface area contributed by atoms with E-state index in [9.17, 15) is 0 Å². The SMILES string of the molecule is CCCNCC(OCC)OCC. The first-order valence-corrected chi connectivity index (χ1v) is 4.79. The van der Waals surface area contributed by atoms with Crippen LogP contribution in [-0.4, -0.2) is 32.6 Å². The lowest BCUT2D eigenvalue weighted by molar-refractivity contribution is -0.132. The molecule has 0 fully saturated rings. The van der Waals surface area contributed by atoms with Crippen LogP contribution in [0.25, 0.3) is 0 Å². The molecule has 3 heteroatoms. The van der Waals surface area contributed by atoms with Crippen LogP contribution in [0, 0.1) is 0 Å². The third-order valence-electron chi connectivity index (χ3n) is 1.44. The molecule has 0 heterocycles. The van der Waals surface area contributed by atoms with E-state index in [0.29, 0.717) is 13.2 Å². The summed E-state index contributed by atoms with van der Waals surface area (Å²) in [5.74, 6) is 0. The van der Waals surface area contributed by atoms with Crippen molar-refractivity contribution in [2.45, 2.75) is 33.5 Å². The monoisotopic (exact) mass is 175 g/mol. The van der Waals surface area contributed by atoms with Gasteiger partial charge in [0.15, 0.2) is 6.29 Å². The van der Waals surface area contributed by atoms with Gasteiger partial charge in [0.05, 0.1) is 0 Å². The molecular weight excluding hydrogens is 154 g/mol. The Hall–Kier alpha value is -0.120. The van der Waals surface area contributed by atoms with Crippen molar-refractivity contribution in [1.29, 1.82) is 0 Å². The van der Waals surface area contributed by atoms with E-state index < -0.39 is 0 Å². The van der Waals surface area contributed by atoms with Crippen molar-refractivity contribution in [2.75, 3.05) is 26.3 Å². The largest absolute Gasteiger partial charge is 0.352 e. The van der Waals surface area contributed by atoms with Crippen LogP contribution in [0.4, 0.5) is 0 Å². The zero-order valence-electron chi connectivity index (χ0n) is 8.43. The molecule has 0 unspecified atom stereocenters. The van der Waals surface area contributed by atoms with E-state index >= 15 is 0 Å². The molecule has 0 rings (SSSR count). The van der Waals surface area contributed by atoms with E-state index in [1.165, 1.54) is 0 Å². The lowest BCUT2D eigenvalue weighted by Gasteiger charge is -2.16. The molecule has 12 heavy (non-hydrogen) atoms. The van der Waals surface area contributed by atoms with Gasteiger partial charge in [-0.2, -0.15) is 0 Å². The summed E-state index contributed by atoms with van der Waals surface area (Å²) in [6.07, 6.45) is 1.07. The maximum Gasteiger partial charge on any atom is 0.169 e. The fourth-order valence-electron chi connectivity index (χ4n) is 0.934. The number of hydrogen-bond donors (Lipinski definition) is 1. The third kappa shape index (κ3) is 6.58. The van der Waals surface area contributed by atoms with Crippen LogP contribution < -0.4 is 5.32 Å². The second-order valence-corrected chi connectivity index (χ2v) is 2.54. The standard InChI is InChI=1S/C9H21NO2/c1-4-7-10-8-9(11-5-2)12-6-3/h9-10H,4-8H2,1-3H3. The molecule has 0 aromatic carbocycles. The van der Waals surface area contributed by atoms with E-state index in [0.717, 1.165) is 19.5 Å². The molecule has 0 amide bonds. The maximum atomic E-state index is 5.34. The third-order valence-corrected chi connectivity index (χ3v) is 1.44. The van der Waals surface area contributed by atoms with Crippen molar-refractivity contribution in [3.05, 3.63) is 0 Å². The summed E-state index contributed by atoms with van der Waals surface area (Å²) < 4.78 is 10.7. The molecule has 1 N–H and O–H groups in total. The van der Waals surface area contributed by atoms with Gasteiger partial charge in [-0.3, -0.25) is 0 Å². The molecule has 0 aliphatic rings. The number of ether oxygens (including phenoxy) is 2. The van der Waals surface area contributed by atoms with Crippen molar-refractivity contribution in [3.8, 4) is 0 Å². The molecule has 74 valence electrons. The Morgan fingerprint density at radius 2 is 1.67 bits per heavy atom. The van der Waals surface area contributed by atoms with Crippen LogP contribution in [0.2, 0.25) is 0 Å². The molecule has 0 spiro atoms. The normalized spacial score (nSPS) is 11.0. The molecule has 0 saturated carbocycles. The first-order valence-electron chi connectivity index (χ1n) is 4.79. The van der Waals surface area contributed by atoms with Crippen LogP contribution in [0.1, 0.15) is 27.2 Å². The Balaban J connectivity index is 3.34. The van der Waals surface area contributed by atoms with Gasteiger partial charge in [0.2, 0.25) is 0 Å². The van der Waals surface area contributed by atoms with Gasteiger partial charge in [0.1, 0.15) is 0 Å². The Kier molecular flexibility index (Phi) is 8.88. The fraction of sp³-hybridized carbons (Fsp3) is 1.00. The molecule has 0 aromatic heterocycles. The lowest BCUT2D eigenvalue weighted by atomic mass is 10.4. The highest BCUT2D eigenvalue weighted by molar-refractivity contribution is 4.50. The van der Waals surface area contributed by atoms with Crippen molar-refractivity contribution < 1.29 is 9.47 Å². The molecule has 0 aromatic rings. The molecule has 3 nitrogen and oxygen atoms in total. The predicted molar refractivity (Wildman–Crippen MR) is 50.2 cm³/mol. The van der Waals surface area contributed by atoms with Gasteiger partial charge in [0, 0.05) is 19.8 Å². The van der Waals surface area contributed by atoms with Gasteiger partial charge in [-0.25, -0.2) is 0 Å². The van der Waals surface area contributed by atoms with Crippen LogP contribution >= 0.6 is 0 Å². The van der Waals surface area contributed by atoms with Gasteiger partial charge < -0.3 is 14.8 Å². The topological polar surface area (TPSA) is 30.5 Å². The zero-order valence-corrected chi connectivity index (χ0v) is 8.43. The molecular formula is C9H21NO2. The highest BCUT2D eigenvalue weighted by Gasteiger charge is 2.05. The lowest BCUT2D eigenvalue weighted by Crippen LogP contribution is -2.31. The Bertz CT molecular complexity index is 82.6. The van der Waals surface area contributed by atoms with Crippen molar-refractivity contribution >= 4 is 0 Å². The minimum absolute atomic E-state index is 0.0773. The van der Waals surface area contributed by atoms with Gasteiger partial charge in [-0.15, -0.1) is 0 Å². The summed E-state index contributed by atoms with van der Waals surface area (Å²) in [5, 5.41) is 3.25. The first-order chi connectivity index (χ1) is 5.85. The fourth-order valence-corrected chi connectivity index (χ4v) is 0.934. The maximum absolute atomic E-state index is 5.34. The summed E-state index contributed by atoms with van der Waals surface area (Å²) in [5.41, 5.74) is 0. The van der Waals surface area contributed by atoms with Gasteiger partial charge in [0.25, 0.3) is 0 Å². The predicted octanol–water partition coefficient (Wildman–Crippen LogP) is 1.39. The van der Waals surface area contributed by atoms with Crippen LogP contribution in [-0.2, 0) is 9.47 Å². The average molecular weight is 175 g/mol. The van der Waals surface area contributed by atoms with E-state index in [4.69, 9.17) is 9.47 Å². The minimum atomic E-state index is -0.0773. The van der Waals surface area contributed by atoms with Gasteiger partial charge >= 0.3 is 0 Å². The summed E-state index contributed by atoms with van der Waals surface area (Å²) in [6.45, 7) is 9.32. The second kappa shape index (κ2) is 8.97. The quantitative estimate of drug-likeness (QED) is 0.446. The number of rotatable bonds is 8. The second-order valence-electron chi connectivity index (χ2n) is 2.54. The average Bonchev–Trinajstić information content (AvgIpc) is 2.06. The molecule has 0 aliphatic heterocycles. The van der Waals surface area contributed by atoms with Crippen molar-refractivity contribution in [3.63, 3.8) is 0 Å². The molecule has 0 aliphatic carbocycles. The number of hydrogen-bond acceptors (Lipinski definition) is 3. The van der Waals surface area contributed by atoms with Crippen LogP contribution in [0.15, 0.2) is 0 Å². The number of nitrogens with one attached hydrogen (secondary N) is 1. The van der Waals surface area contributed by atoms with Crippen molar-refractivity contribution in [2.24, 2.45) is 0 Å². The van der Waals surface area contributed by atoms with Crippen molar-refractivity contribution in [1.82, 2.24) is 5.32 Å². The Morgan fingerprint density at radius 1 is 1.08 bits per heavy atom. The van der Waals surface area contributed by atoms with E-state index in [2.05, 4.69) is 12.2 Å². The van der Waals surface area contributed by atoms with Crippen LogP contribution in [0.5, 0.6) is 0 Å². The molecule has 0 bridgehead atoms. The van der Waals surface area contributed by atoms with Gasteiger partial charge in [-0.05, 0) is 26.8 Å². The summed E-state index contributed by atoms with van der Waals surface area (Å²) in [6, 6.07) is 0. The highest BCUT2D eigenvalue weighted by atomic mass is 16.7. The molecule has 0 radical (unpaired) electrons. The highest BCUT2D eigenvalue weighted by Crippen LogP contribution is 1.92. The Morgan fingerprint density at radius 3 is 2.08 bits per heavy atom. The Labute approximate surface area is 75.4 Å². The first kappa shape index (κ1) is 11.9. The van der Waals surface area contributed by atoms with Crippen LogP contribution in [0.3, 0.4) is 0 Å². The molecule has 0 saturated heterocycles. The van der Waals surface area contributed by atoms with Gasteiger partial charge in [-0.1, -0.05) is 6.92 Å². The minimum Gasteiger partial charge on any atom is -0.352 e. The smallest absolute Gasteiger partial charge is 0.169 e. The van der Waals surface area contributed by atoms with E-state index in [1.807, 2.05) is 13.8 Å². The van der Waals surface area contributed by atoms with E-state index in [1.54, 1.807) is 0 Å².